The highest BCUT2D eigenvalue weighted by Crippen LogP contribution is 2.33. The van der Waals surface area contributed by atoms with Gasteiger partial charge in [-0.3, -0.25) is 4.79 Å². The Morgan fingerprint density at radius 1 is 0.952 bits per heavy atom. The first-order valence-corrected chi connectivity index (χ1v) is 7.01. The van der Waals surface area contributed by atoms with Crippen LogP contribution in [0.3, 0.4) is 0 Å². The van der Waals surface area contributed by atoms with E-state index in [-0.39, 0.29) is 0 Å². The summed E-state index contributed by atoms with van der Waals surface area (Å²) in [5.41, 5.74) is 0.645. The Kier molecular flexibility index (Phi) is 5.17. The summed E-state index contributed by atoms with van der Waals surface area (Å²) in [4.78, 5) is 24.0. The van der Waals surface area contributed by atoms with Crippen LogP contribution in [-0.4, -0.2) is 17.0 Å². The van der Waals surface area contributed by atoms with E-state index >= 15 is 0 Å². The Morgan fingerprint density at radius 3 is 2.33 bits per heavy atom. The lowest BCUT2D eigenvalue weighted by molar-refractivity contribution is -0.131. The fourth-order valence-electron chi connectivity index (χ4n) is 1.60. The number of amides is 1. The van der Waals surface area contributed by atoms with Crippen LogP contribution < -0.4 is 5.32 Å². The molecule has 21 heavy (non-hydrogen) atoms. The molecule has 2 aromatic carbocycles. The van der Waals surface area contributed by atoms with E-state index in [2.05, 4.69) is 5.32 Å². The molecule has 0 aromatic heterocycles. The predicted octanol–water partition coefficient (Wildman–Crippen LogP) is 3.42. The summed E-state index contributed by atoms with van der Waals surface area (Å²) in [7, 11) is 0. The number of carboxylic acids is 1. The van der Waals surface area contributed by atoms with Crippen molar-refractivity contribution in [1.82, 2.24) is 0 Å². The number of hydrogen-bond acceptors (Lipinski definition) is 3. The molecule has 0 unspecified atom stereocenters. The quantitative estimate of drug-likeness (QED) is 0.830. The molecule has 2 rings (SSSR count). The molecule has 0 aliphatic rings. The smallest absolute Gasteiger partial charge is 0.328 e. The van der Waals surface area contributed by atoms with Crippen molar-refractivity contribution >= 4 is 29.3 Å². The van der Waals surface area contributed by atoms with Gasteiger partial charge in [0.05, 0.1) is 5.69 Å². The van der Waals surface area contributed by atoms with Crippen molar-refractivity contribution in [3.05, 3.63) is 66.7 Å². The van der Waals surface area contributed by atoms with E-state index < -0.39 is 11.9 Å². The van der Waals surface area contributed by atoms with Crippen molar-refractivity contribution in [3.8, 4) is 0 Å². The summed E-state index contributed by atoms with van der Waals surface area (Å²) in [5.74, 6) is -1.63. The van der Waals surface area contributed by atoms with Crippen molar-refractivity contribution in [1.29, 1.82) is 0 Å². The number of para-hydroxylation sites is 1. The Bertz CT molecular complexity index is 668. The lowest BCUT2D eigenvalue weighted by Crippen LogP contribution is -2.09. The first-order chi connectivity index (χ1) is 10.1. The lowest BCUT2D eigenvalue weighted by Gasteiger charge is -2.09. The molecule has 0 fully saturated rings. The first-order valence-electron chi connectivity index (χ1n) is 6.19. The minimum absolute atomic E-state index is 0.474. The Balaban J connectivity index is 2.14. The summed E-state index contributed by atoms with van der Waals surface area (Å²) in [6, 6.07) is 17.2. The monoisotopic (exact) mass is 299 g/mol. The van der Waals surface area contributed by atoms with Gasteiger partial charge in [-0.15, -0.1) is 0 Å². The van der Waals surface area contributed by atoms with E-state index in [4.69, 9.17) is 5.11 Å². The largest absolute Gasteiger partial charge is 0.478 e. The van der Waals surface area contributed by atoms with Gasteiger partial charge in [0.2, 0.25) is 5.91 Å². The molecule has 0 radical (unpaired) electrons. The minimum atomic E-state index is -1.16. The van der Waals surface area contributed by atoms with Crippen molar-refractivity contribution in [3.63, 3.8) is 0 Å². The normalized spacial score (nSPS) is 10.5. The van der Waals surface area contributed by atoms with Gasteiger partial charge in [-0.2, -0.15) is 0 Å². The number of hydrogen-bond donors (Lipinski definition) is 2. The zero-order chi connectivity index (χ0) is 15.1. The van der Waals surface area contributed by atoms with Gasteiger partial charge < -0.3 is 10.4 Å². The van der Waals surface area contributed by atoms with Crippen LogP contribution in [0.1, 0.15) is 0 Å². The molecule has 0 saturated carbocycles. The van der Waals surface area contributed by atoms with E-state index in [0.29, 0.717) is 5.69 Å². The number of carbonyl (C=O) groups excluding carboxylic acids is 1. The third-order valence-electron chi connectivity index (χ3n) is 2.49. The van der Waals surface area contributed by atoms with Crippen LogP contribution in [0.2, 0.25) is 0 Å². The minimum Gasteiger partial charge on any atom is -0.478 e. The van der Waals surface area contributed by atoms with Gasteiger partial charge in [0, 0.05) is 21.9 Å². The summed E-state index contributed by atoms with van der Waals surface area (Å²) >= 11 is 1.53. The maximum atomic E-state index is 11.7. The molecule has 4 nitrogen and oxygen atoms in total. The summed E-state index contributed by atoms with van der Waals surface area (Å²) in [5, 5.41) is 11.2. The van der Waals surface area contributed by atoms with E-state index in [1.165, 1.54) is 11.8 Å². The highest BCUT2D eigenvalue weighted by atomic mass is 32.2. The molecule has 0 heterocycles. The molecule has 0 spiro atoms. The van der Waals surface area contributed by atoms with Crippen molar-refractivity contribution in [2.75, 3.05) is 5.32 Å². The number of nitrogens with one attached hydrogen (secondary N) is 1. The number of benzene rings is 2. The lowest BCUT2D eigenvalue weighted by atomic mass is 10.3. The highest BCUT2D eigenvalue weighted by Gasteiger charge is 2.06. The van der Waals surface area contributed by atoms with Crippen LogP contribution in [0.5, 0.6) is 0 Å². The number of carboxylic acid groups (broad SMARTS) is 1. The van der Waals surface area contributed by atoms with Gasteiger partial charge >= 0.3 is 5.97 Å². The molecule has 0 aliphatic carbocycles. The van der Waals surface area contributed by atoms with E-state index in [1.807, 2.05) is 48.5 Å². The molecule has 0 bridgehead atoms. The molecule has 0 saturated heterocycles. The average molecular weight is 299 g/mol. The SMILES string of the molecule is O=C(O)/C=C\C(=O)Nc1ccccc1Sc1ccccc1. The fourth-order valence-corrected chi connectivity index (χ4v) is 2.52. The van der Waals surface area contributed by atoms with Crippen LogP contribution in [0.4, 0.5) is 5.69 Å². The number of aliphatic carboxylic acids is 1. The first kappa shape index (κ1) is 14.9. The molecule has 106 valence electrons. The molecule has 2 N–H and O–H groups in total. The Morgan fingerprint density at radius 2 is 1.62 bits per heavy atom. The molecule has 5 heteroatoms. The van der Waals surface area contributed by atoms with Gasteiger partial charge in [0.15, 0.2) is 0 Å². The summed E-state index contributed by atoms with van der Waals surface area (Å²) in [6.45, 7) is 0. The van der Waals surface area contributed by atoms with Crippen molar-refractivity contribution in [2.45, 2.75) is 9.79 Å². The van der Waals surface area contributed by atoms with Gasteiger partial charge in [-0.1, -0.05) is 42.1 Å². The van der Waals surface area contributed by atoms with Gasteiger partial charge in [-0.05, 0) is 24.3 Å². The summed E-state index contributed by atoms with van der Waals surface area (Å²) < 4.78 is 0. The van der Waals surface area contributed by atoms with Crippen LogP contribution in [0, 0.1) is 0 Å². The third kappa shape index (κ3) is 4.81. The van der Waals surface area contributed by atoms with Gasteiger partial charge in [0.25, 0.3) is 0 Å². The zero-order valence-corrected chi connectivity index (χ0v) is 11.8. The maximum absolute atomic E-state index is 11.7. The molecular formula is C16H13NO3S. The van der Waals surface area contributed by atoms with E-state index in [1.54, 1.807) is 6.07 Å². The van der Waals surface area contributed by atoms with Gasteiger partial charge in [-0.25, -0.2) is 4.79 Å². The van der Waals surface area contributed by atoms with Crippen LogP contribution in [-0.2, 0) is 9.59 Å². The molecule has 0 atom stereocenters. The molecule has 2 aromatic rings. The van der Waals surface area contributed by atoms with E-state index in [9.17, 15) is 9.59 Å². The van der Waals surface area contributed by atoms with E-state index in [0.717, 1.165) is 21.9 Å². The Labute approximate surface area is 126 Å². The molecule has 0 aliphatic heterocycles. The third-order valence-corrected chi connectivity index (χ3v) is 3.58. The summed E-state index contributed by atoms with van der Waals surface area (Å²) in [6.07, 6.45) is 1.80. The number of anilines is 1. The number of carbonyl (C=O) groups is 2. The highest BCUT2D eigenvalue weighted by molar-refractivity contribution is 7.99. The van der Waals surface area contributed by atoms with Crippen LogP contribution in [0.15, 0.2) is 76.5 Å². The fraction of sp³-hybridized carbons (Fsp3) is 0. The zero-order valence-electron chi connectivity index (χ0n) is 11.0. The number of rotatable bonds is 5. The molecular weight excluding hydrogens is 286 g/mol. The maximum Gasteiger partial charge on any atom is 0.328 e. The predicted molar refractivity (Wildman–Crippen MR) is 82.4 cm³/mol. The van der Waals surface area contributed by atoms with Crippen LogP contribution in [0.25, 0.3) is 0 Å². The Hall–Kier alpha value is -2.53. The van der Waals surface area contributed by atoms with Crippen LogP contribution >= 0.6 is 11.8 Å². The average Bonchev–Trinajstić information content (AvgIpc) is 2.48. The molecule has 1 amide bonds. The standard InChI is InChI=1S/C16H13NO3S/c18-15(10-11-16(19)20)17-13-8-4-5-9-14(13)21-12-6-2-1-3-7-12/h1-11H,(H,17,18)(H,19,20)/b11-10-. The second-order valence-electron chi connectivity index (χ2n) is 4.07. The second kappa shape index (κ2) is 7.31. The van der Waals surface area contributed by atoms with Gasteiger partial charge in [0.1, 0.15) is 0 Å². The second-order valence-corrected chi connectivity index (χ2v) is 5.19. The van der Waals surface area contributed by atoms with Crippen molar-refractivity contribution < 1.29 is 14.7 Å². The van der Waals surface area contributed by atoms with Crippen molar-refractivity contribution in [2.24, 2.45) is 0 Å². The topological polar surface area (TPSA) is 66.4 Å².